The van der Waals surface area contributed by atoms with Gasteiger partial charge in [0.2, 0.25) is 5.82 Å². The van der Waals surface area contributed by atoms with Crippen LogP contribution in [0.2, 0.25) is 0 Å². The van der Waals surface area contributed by atoms with E-state index >= 15 is 0 Å². The van der Waals surface area contributed by atoms with E-state index in [0.29, 0.717) is 5.76 Å². The number of furan rings is 1. The lowest BCUT2D eigenvalue weighted by atomic mass is 10.2. The van der Waals surface area contributed by atoms with Crippen LogP contribution in [0.25, 0.3) is 23.0 Å². The molecule has 0 amide bonds. The van der Waals surface area contributed by atoms with E-state index in [9.17, 15) is 10.2 Å². The second-order valence-corrected chi connectivity index (χ2v) is 3.57. The minimum Gasteiger partial charge on any atom is -0.504 e. The number of rotatable bonds is 2. The molecule has 90 valence electrons. The molecule has 2 aromatic heterocycles. The Morgan fingerprint density at radius 3 is 2.72 bits per heavy atom. The van der Waals surface area contributed by atoms with Gasteiger partial charge in [0.1, 0.15) is 0 Å². The molecule has 0 saturated heterocycles. The van der Waals surface area contributed by atoms with Crippen LogP contribution in [0, 0.1) is 0 Å². The first-order valence-corrected chi connectivity index (χ1v) is 5.14. The van der Waals surface area contributed by atoms with Crippen LogP contribution in [0.1, 0.15) is 0 Å². The van der Waals surface area contributed by atoms with Gasteiger partial charge in [-0.3, -0.25) is 0 Å². The van der Waals surface area contributed by atoms with Gasteiger partial charge in [-0.25, -0.2) is 0 Å². The third-order valence-corrected chi connectivity index (χ3v) is 2.41. The molecule has 0 aliphatic heterocycles. The molecule has 1 aromatic carbocycles. The fourth-order valence-electron chi connectivity index (χ4n) is 1.54. The third kappa shape index (κ3) is 1.60. The zero-order chi connectivity index (χ0) is 12.5. The highest BCUT2D eigenvalue weighted by molar-refractivity contribution is 5.67. The van der Waals surface area contributed by atoms with E-state index < -0.39 is 0 Å². The number of aromatic nitrogens is 2. The maximum Gasteiger partial charge on any atom is 0.262 e. The number of hydrogen-bond donors (Lipinski definition) is 2. The molecular weight excluding hydrogens is 236 g/mol. The van der Waals surface area contributed by atoms with Crippen molar-refractivity contribution in [3.05, 3.63) is 36.6 Å². The van der Waals surface area contributed by atoms with E-state index in [1.54, 1.807) is 24.3 Å². The maximum absolute atomic E-state index is 9.69. The van der Waals surface area contributed by atoms with Crippen LogP contribution in [-0.4, -0.2) is 20.4 Å². The number of para-hydroxylation sites is 1. The molecule has 0 fully saturated rings. The Morgan fingerprint density at radius 1 is 1.06 bits per heavy atom. The summed E-state index contributed by atoms with van der Waals surface area (Å²) in [5.41, 5.74) is 0.264. The lowest BCUT2D eigenvalue weighted by Gasteiger charge is -2.00. The van der Waals surface area contributed by atoms with Crippen molar-refractivity contribution in [1.82, 2.24) is 10.1 Å². The van der Waals surface area contributed by atoms with Crippen LogP contribution in [0.5, 0.6) is 11.5 Å². The topological polar surface area (TPSA) is 92.5 Å². The normalized spacial score (nSPS) is 10.7. The maximum atomic E-state index is 9.69. The number of phenolic OH excluding ortho intramolecular Hbond substituents is 2. The number of hydrogen-bond acceptors (Lipinski definition) is 6. The van der Waals surface area contributed by atoms with Crippen molar-refractivity contribution in [2.45, 2.75) is 0 Å². The quantitative estimate of drug-likeness (QED) is 0.672. The van der Waals surface area contributed by atoms with Crippen LogP contribution < -0.4 is 0 Å². The van der Waals surface area contributed by atoms with Crippen LogP contribution in [-0.2, 0) is 0 Å². The van der Waals surface area contributed by atoms with Crippen LogP contribution >= 0.6 is 0 Å². The minimum absolute atomic E-state index is 0.106. The molecule has 0 bridgehead atoms. The number of nitrogens with zero attached hydrogens (tertiary/aromatic N) is 2. The Hall–Kier alpha value is -2.76. The zero-order valence-electron chi connectivity index (χ0n) is 9.07. The minimum atomic E-state index is -0.299. The first-order chi connectivity index (χ1) is 8.75. The van der Waals surface area contributed by atoms with E-state index in [4.69, 9.17) is 8.94 Å². The number of benzene rings is 1. The first-order valence-electron chi connectivity index (χ1n) is 5.14. The summed E-state index contributed by atoms with van der Waals surface area (Å²) in [6, 6.07) is 7.90. The summed E-state index contributed by atoms with van der Waals surface area (Å²) in [5, 5.41) is 22.8. The van der Waals surface area contributed by atoms with Crippen molar-refractivity contribution in [2.24, 2.45) is 0 Å². The van der Waals surface area contributed by atoms with Gasteiger partial charge in [0.25, 0.3) is 5.89 Å². The summed E-state index contributed by atoms with van der Waals surface area (Å²) in [6.07, 6.45) is 1.50. The Labute approximate surface area is 101 Å². The number of phenols is 2. The van der Waals surface area contributed by atoms with Crippen LogP contribution in [0.15, 0.2) is 45.5 Å². The van der Waals surface area contributed by atoms with E-state index in [-0.39, 0.29) is 28.8 Å². The fourth-order valence-corrected chi connectivity index (χ4v) is 1.54. The SMILES string of the molecule is Oc1cccc(-c2nc(-c3ccco3)no2)c1O. The van der Waals surface area contributed by atoms with Crippen molar-refractivity contribution in [1.29, 1.82) is 0 Å². The largest absolute Gasteiger partial charge is 0.504 e. The average molecular weight is 244 g/mol. The molecule has 2 heterocycles. The van der Waals surface area contributed by atoms with Gasteiger partial charge in [-0.2, -0.15) is 4.98 Å². The summed E-state index contributed by atoms with van der Waals surface area (Å²) >= 11 is 0. The molecule has 0 spiro atoms. The van der Waals surface area contributed by atoms with Gasteiger partial charge in [-0.15, -0.1) is 0 Å². The van der Waals surface area contributed by atoms with Gasteiger partial charge < -0.3 is 19.2 Å². The van der Waals surface area contributed by atoms with Crippen molar-refractivity contribution < 1.29 is 19.2 Å². The molecule has 0 saturated carbocycles. The molecule has 6 nitrogen and oxygen atoms in total. The van der Waals surface area contributed by atoms with Gasteiger partial charge >= 0.3 is 0 Å². The van der Waals surface area contributed by atoms with Crippen molar-refractivity contribution in [3.63, 3.8) is 0 Å². The van der Waals surface area contributed by atoms with Crippen LogP contribution in [0.4, 0.5) is 0 Å². The van der Waals surface area contributed by atoms with Gasteiger partial charge in [-0.05, 0) is 24.3 Å². The fraction of sp³-hybridized carbons (Fsp3) is 0. The Balaban J connectivity index is 2.06. The molecule has 0 aliphatic rings. The van der Waals surface area contributed by atoms with E-state index in [2.05, 4.69) is 10.1 Å². The second-order valence-electron chi connectivity index (χ2n) is 3.57. The van der Waals surface area contributed by atoms with Gasteiger partial charge in [0.05, 0.1) is 11.8 Å². The van der Waals surface area contributed by atoms with Crippen molar-refractivity contribution in [3.8, 4) is 34.5 Å². The molecule has 0 unspecified atom stereocenters. The molecule has 0 radical (unpaired) electrons. The van der Waals surface area contributed by atoms with Crippen molar-refractivity contribution in [2.75, 3.05) is 0 Å². The lowest BCUT2D eigenvalue weighted by Crippen LogP contribution is -1.80. The summed E-state index contributed by atoms with van der Waals surface area (Å²) in [7, 11) is 0. The molecule has 3 rings (SSSR count). The van der Waals surface area contributed by atoms with Gasteiger partial charge in [-0.1, -0.05) is 11.2 Å². The van der Waals surface area contributed by atoms with E-state index in [0.717, 1.165) is 0 Å². The smallest absolute Gasteiger partial charge is 0.262 e. The molecule has 6 heteroatoms. The Morgan fingerprint density at radius 2 is 1.94 bits per heavy atom. The van der Waals surface area contributed by atoms with E-state index in [1.807, 2.05) is 0 Å². The third-order valence-electron chi connectivity index (χ3n) is 2.41. The van der Waals surface area contributed by atoms with Gasteiger partial charge in [0.15, 0.2) is 17.3 Å². The highest BCUT2D eigenvalue weighted by atomic mass is 16.5. The molecule has 3 aromatic rings. The summed E-state index contributed by atoms with van der Waals surface area (Å²) in [6.45, 7) is 0. The summed E-state index contributed by atoms with van der Waals surface area (Å²) in [4.78, 5) is 4.08. The summed E-state index contributed by atoms with van der Waals surface area (Å²) in [5.74, 6) is 0.301. The number of aromatic hydroxyl groups is 2. The zero-order valence-corrected chi connectivity index (χ0v) is 9.07. The van der Waals surface area contributed by atoms with Gasteiger partial charge in [0, 0.05) is 0 Å². The predicted octanol–water partition coefficient (Wildman–Crippen LogP) is 2.41. The summed E-state index contributed by atoms with van der Waals surface area (Å²) < 4.78 is 10.1. The van der Waals surface area contributed by atoms with Crippen molar-refractivity contribution >= 4 is 0 Å². The lowest BCUT2D eigenvalue weighted by molar-refractivity contribution is 0.397. The Kier molecular flexibility index (Phi) is 2.26. The monoisotopic (exact) mass is 244 g/mol. The molecule has 0 atom stereocenters. The molecular formula is C12H8N2O4. The highest BCUT2D eigenvalue weighted by Gasteiger charge is 2.16. The van der Waals surface area contributed by atoms with Crippen LogP contribution in [0.3, 0.4) is 0 Å². The molecule has 0 aliphatic carbocycles. The molecule has 2 N–H and O–H groups in total. The average Bonchev–Trinajstić information content (AvgIpc) is 3.01. The Bertz CT molecular complexity index is 673. The predicted molar refractivity (Wildman–Crippen MR) is 60.8 cm³/mol. The van der Waals surface area contributed by atoms with E-state index in [1.165, 1.54) is 12.3 Å². The second kappa shape index (κ2) is 3.92. The first kappa shape index (κ1) is 10.4. The standard InChI is InChI=1S/C12H8N2O4/c15-8-4-1-3-7(10(8)16)12-13-11(14-18-12)9-5-2-6-17-9/h1-6,15-16H. The highest BCUT2D eigenvalue weighted by Crippen LogP contribution is 2.35. The molecule has 18 heavy (non-hydrogen) atoms.